The van der Waals surface area contributed by atoms with E-state index in [0.29, 0.717) is 0 Å². The van der Waals surface area contributed by atoms with Crippen molar-refractivity contribution in [2.45, 2.75) is 12.8 Å². The Kier molecular flexibility index (Phi) is 8.15. The Morgan fingerprint density at radius 3 is 1.64 bits per heavy atom. The number of fused-ring (bicyclic) bond motifs is 7. The highest BCUT2D eigenvalue weighted by molar-refractivity contribution is 6.28. The monoisotopic (exact) mass is 937 g/mol. The van der Waals surface area contributed by atoms with Gasteiger partial charge in [-0.25, -0.2) is 0 Å². The van der Waals surface area contributed by atoms with Gasteiger partial charge in [0.1, 0.15) is 11.2 Å². The Bertz CT molecular complexity index is 5030. The minimum atomic E-state index is 0.887. The Morgan fingerprint density at radius 1 is 0.338 bits per heavy atom. The molecule has 0 unspecified atom stereocenters. The molecule has 0 N–H and O–H groups in total. The molecule has 2 heterocycles. The van der Waals surface area contributed by atoms with Crippen molar-refractivity contribution in [3.8, 4) is 50.2 Å². The summed E-state index contributed by atoms with van der Waals surface area (Å²) in [6, 6.07) is 84.5. The van der Waals surface area contributed by atoms with Gasteiger partial charge in [0.25, 0.3) is 0 Å². The zero-order valence-electron chi connectivity index (χ0n) is 40.3. The van der Waals surface area contributed by atoms with E-state index in [1.54, 1.807) is 0 Å². The Morgan fingerprint density at radius 2 is 0.905 bits per heavy atom. The first-order chi connectivity index (χ1) is 36.7. The van der Waals surface area contributed by atoms with Crippen LogP contribution in [0.5, 0.6) is 0 Å². The van der Waals surface area contributed by atoms with Crippen LogP contribution in [0.15, 0.2) is 235 Å². The summed E-state index contributed by atoms with van der Waals surface area (Å²) in [5, 5.41) is 21.3. The van der Waals surface area contributed by atoms with Crippen LogP contribution in [0.25, 0.3) is 165 Å². The summed E-state index contributed by atoms with van der Waals surface area (Å²) in [4.78, 5) is 0. The summed E-state index contributed by atoms with van der Waals surface area (Å²) >= 11 is 0. The highest BCUT2D eigenvalue weighted by Gasteiger charge is 2.25. The van der Waals surface area contributed by atoms with Gasteiger partial charge in [0, 0.05) is 33.1 Å². The zero-order chi connectivity index (χ0) is 48.2. The fraction of sp³-hybridized carbons (Fsp3) is 0.0278. The molecule has 14 aromatic carbocycles. The maximum Gasteiger partial charge on any atom is 0.136 e. The van der Waals surface area contributed by atoms with Gasteiger partial charge in [-0.05, 0) is 193 Å². The van der Waals surface area contributed by atoms with Gasteiger partial charge in [0.2, 0.25) is 0 Å². The topological polar surface area (TPSA) is 18.1 Å². The maximum atomic E-state index is 6.69. The number of rotatable bonds is 5. The molecule has 17 rings (SSSR count). The molecule has 0 bridgehead atoms. The number of hydrogen-bond acceptors (Lipinski definition) is 1. The first-order valence-corrected chi connectivity index (χ1v) is 25.9. The number of hydrogen-bond donors (Lipinski definition) is 0. The molecule has 0 atom stereocenters. The highest BCUT2D eigenvalue weighted by atomic mass is 16.3. The van der Waals surface area contributed by atoms with E-state index >= 15 is 0 Å². The second-order valence-corrected chi connectivity index (χ2v) is 20.6. The molecule has 0 radical (unpaired) electrons. The van der Waals surface area contributed by atoms with Gasteiger partial charge < -0.3 is 8.98 Å². The summed E-state index contributed by atoms with van der Waals surface area (Å²) in [7, 11) is 0. The molecule has 0 saturated heterocycles. The summed E-state index contributed by atoms with van der Waals surface area (Å²) in [5.74, 6) is 0. The Labute approximate surface area is 425 Å². The Hall–Kier alpha value is -9.50. The van der Waals surface area contributed by atoms with E-state index in [2.05, 4.69) is 241 Å². The number of para-hydroxylation sites is 1. The quantitative estimate of drug-likeness (QED) is 0.157. The van der Waals surface area contributed by atoms with Crippen LogP contribution in [0.2, 0.25) is 0 Å². The van der Waals surface area contributed by atoms with E-state index < -0.39 is 0 Å². The summed E-state index contributed by atoms with van der Waals surface area (Å²) < 4.78 is 9.19. The van der Waals surface area contributed by atoms with Crippen LogP contribution in [-0.2, 0) is 6.42 Å². The molecule has 16 aromatic rings. The van der Waals surface area contributed by atoms with E-state index in [-0.39, 0.29) is 0 Å². The van der Waals surface area contributed by atoms with Crippen molar-refractivity contribution in [1.29, 1.82) is 0 Å². The minimum Gasteiger partial charge on any atom is -0.456 e. The molecule has 0 aliphatic heterocycles. The molecule has 0 amide bonds. The minimum absolute atomic E-state index is 0.887. The van der Waals surface area contributed by atoms with Crippen LogP contribution in [-0.4, -0.2) is 4.57 Å². The second kappa shape index (κ2) is 15.0. The van der Waals surface area contributed by atoms with Crippen LogP contribution < -0.4 is 0 Å². The van der Waals surface area contributed by atoms with Crippen molar-refractivity contribution < 1.29 is 4.42 Å². The molecule has 0 saturated carbocycles. The molecule has 74 heavy (non-hydrogen) atoms. The maximum absolute atomic E-state index is 6.69. The highest BCUT2D eigenvalue weighted by Crippen LogP contribution is 2.50. The third-order valence-corrected chi connectivity index (χ3v) is 16.7. The van der Waals surface area contributed by atoms with Gasteiger partial charge in [-0.1, -0.05) is 176 Å². The average molecular weight is 938 g/mol. The van der Waals surface area contributed by atoms with E-state index in [1.807, 2.05) is 0 Å². The molecule has 1 aliphatic carbocycles. The van der Waals surface area contributed by atoms with Crippen LogP contribution in [0.1, 0.15) is 17.7 Å². The summed E-state index contributed by atoms with van der Waals surface area (Å²) in [6.45, 7) is 0. The largest absolute Gasteiger partial charge is 0.456 e. The van der Waals surface area contributed by atoms with Crippen molar-refractivity contribution in [2.24, 2.45) is 0 Å². The number of nitrogens with zero attached hydrogens (tertiary/aromatic N) is 1. The van der Waals surface area contributed by atoms with E-state index in [0.717, 1.165) is 40.3 Å². The predicted octanol–water partition coefficient (Wildman–Crippen LogP) is 20.1. The van der Waals surface area contributed by atoms with Crippen molar-refractivity contribution in [3.05, 3.63) is 242 Å². The van der Waals surface area contributed by atoms with Crippen molar-refractivity contribution >= 4 is 114 Å². The Balaban J connectivity index is 1.02. The smallest absolute Gasteiger partial charge is 0.136 e. The fourth-order valence-corrected chi connectivity index (χ4v) is 13.4. The molecule has 0 spiro atoms. The third-order valence-electron chi connectivity index (χ3n) is 16.7. The lowest BCUT2D eigenvalue weighted by Crippen LogP contribution is -2.02. The summed E-state index contributed by atoms with van der Waals surface area (Å²) in [5.41, 5.74) is 16.4. The van der Waals surface area contributed by atoms with Crippen LogP contribution in [0, 0.1) is 0 Å². The van der Waals surface area contributed by atoms with Crippen molar-refractivity contribution in [1.82, 2.24) is 4.57 Å². The van der Waals surface area contributed by atoms with Crippen molar-refractivity contribution in [3.63, 3.8) is 0 Å². The molecule has 2 nitrogen and oxygen atoms in total. The molecular formula is C72H43NO. The summed E-state index contributed by atoms with van der Waals surface area (Å²) in [6.07, 6.45) is 6.74. The molecule has 1 aliphatic rings. The standard InChI is InChI=1S/C72H43NO/c1-2-16-53(17-3-1)73-64-19-7-6-18-56(64)60-38-51(28-34-65(60)73)70-59(50-29-35-66-61(37-50)62-36-48-10-4-5-11-49(48)41-67(62)74-66)39-52(54-30-24-46-22-20-42-12-8-14-44-26-32-57(54)71(46)68(42)44)40-63(70)55-31-25-47-23-21-43-13-9-15-45-27-33-58(55)72(47)69(43)45/h1-6,8-18,20-41H,7,19H2. The van der Waals surface area contributed by atoms with Gasteiger partial charge in [0.05, 0.1) is 5.52 Å². The van der Waals surface area contributed by atoms with Gasteiger partial charge in [0.15, 0.2) is 0 Å². The normalized spacial score (nSPS) is 13.0. The average Bonchev–Trinajstić information content (AvgIpc) is 4.00. The SMILES string of the molecule is C1=Cc2c(n(-c3ccccc3)c3ccc(-c4c(-c5ccc6oc7cc8ccccc8cc7c6c5)cc(-c5ccc6ccc7cccc8ccc5c6c78)cc4-c4ccc5ccc6cccc7ccc4c5c67)cc23)CC1. The van der Waals surface area contributed by atoms with Crippen LogP contribution >= 0.6 is 0 Å². The third kappa shape index (κ3) is 5.65. The number of allylic oxidation sites excluding steroid dienone is 1. The van der Waals surface area contributed by atoms with Gasteiger partial charge >= 0.3 is 0 Å². The lowest BCUT2D eigenvalue weighted by Gasteiger charge is -2.22. The number of furan rings is 1. The lowest BCUT2D eigenvalue weighted by molar-refractivity contribution is 0.669. The van der Waals surface area contributed by atoms with Crippen LogP contribution in [0.4, 0.5) is 0 Å². The lowest BCUT2D eigenvalue weighted by atomic mass is 9.81. The number of aromatic nitrogens is 1. The van der Waals surface area contributed by atoms with Gasteiger partial charge in [-0.15, -0.1) is 0 Å². The fourth-order valence-electron chi connectivity index (χ4n) is 13.4. The van der Waals surface area contributed by atoms with E-state index in [9.17, 15) is 0 Å². The molecule has 0 fully saturated rings. The first kappa shape index (κ1) is 40.1. The van der Waals surface area contributed by atoms with E-state index in [1.165, 1.54) is 142 Å². The van der Waals surface area contributed by atoms with Crippen LogP contribution in [0.3, 0.4) is 0 Å². The molecule has 2 heteroatoms. The number of benzene rings is 14. The molecule has 342 valence electrons. The predicted molar refractivity (Wildman–Crippen MR) is 315 cm³/mol. The first-order valence-electron chi connectivity index (χ1n) is 25.9. The van der Waals surface area contributed by atoms with Crippen molar-refractivity contribution in [2.75, 3.05) is 0 Å². The van der Waals surface area contributed by atoms with Gasteiger partial charge in [-0.3, -0.25) is 0 Å². The van der Waals surface area contributed by atoms with E-state index in [4.69, 9.17) is 4.42 Å². The second-order valence-electron chi connectivity index (χ2n) is 20.6. The van der Waals surface area contributed by atoms with Gasteiger partial charge in [-0.2, -0.15) is 0 Å². The zero-order valence-corrected chi connectivity index (χ0v) is 40.3. The molecular weight excluding hydrogens is 895 g/mol. The molecule has 2 aromatic heterocycles.